The molecular weight excluding hydrogens is 1230 g/mol. The molecule has 0 spiro atoms. The first-order valence-electron chi connectivity index (χ1n) is 32.6. The molecule has 2 aromatic carbocycles. The Kier molecular flexibility index (Phi) is 35.4. The summed E-state index contributed by atoms with van der Waals surface area (Å²) in [5.74, 6) is -10.9. The summed E-state index contributed by atoms with van der Waals surface area (Å²) in [5, 5.41) is 45.2. The molecule has 0 aromatic heterocycles. The average molecular weight is 1340 g/mol. The molecule has 1 aliphatic heterocycles. The molecule has 0 radical (unpaired) electrons. The van der Waals surface area contributed by atoms with Gasteiger partial charge in [0.2, 0.25) is 70.9 Å². The molecule has 1 aliphatic rings. The number of primary amides is 1. The fourth-order valence-corrected chi connectivity index (χ4v) is 10.3. The van der Waals surface area contributed by atoms with Crippen LogP contribution in [0.5, 0.6) is 5.75 Å². The number of hydrogen-bond donors (Lipinski definition) is 17. The van der Waals surface area contributed by atoms with E-state index in [9.17, 15) is 67.4 Å². The van der Waals surface area contributed by atoms with Gasteiger partial charge in [-0.15, -0.1) is 0 Å². The van der Waals surface area contributed by atoms with Gasteiger partial charge in [-0.1, -0.05) is 62.7 Å². The first kappa shape index (κ1) is 80.4. The number of phenolic OH excluding ortho intramolecular Hbond substituents is 1. The number of carboxylic acids is 1. The lowest BCUT2D eigenvalue weighted by atomic mass is 9.96. The molecule has 0 unspecified atom stereocenters. The Labute approximate surface area is 554 Å². The van der Waals surface area contributed by atoms with Crippen LogP contribution >= 0.6 is 0 Å². The van der Waals surface area contributed by atoms with E-state index in [0.29, 0.717) is 75.6 Å². The number of rotatable bonds is 43. The maximum absolute atomic E-state index is 14.3. The summed E-state index contributed by atoms with van der Waals surface area (Å²) in [6.45, 7) is 9.94. The van der Waals surface area contributed by atoms with Crippen LogP contribution in [0.3, 0.4) is 0 Å². The summed E-state index contributed by atoms with van der Waals surface area (Å²) >= 11 is 0. The predicted octanol–water partition coefficient (Wildman–Crippen LogP) is -2.79. The second kappa shape index (κ2) is 41.8. The topological polar surface area (TPSA) is 516 Å². The van der Waals surface area contributed by atoms with Crippen molar-refractivity contribution in [2.24, 2.45) is 34.6 Å². The molecule has 22 N–H and O–H groups in total. The number of carboxylic acid groups (broad SMARTS) is 1. The lowest BCUT2D eigenvalue weighted by molar-refractivity contribution is -0.142. The highest BCUT2D eigenvalue weighted by atomic mass is 16.4. The van der Waals surface area contributed by atoms with Crippen LogP contribution in [0, 0.1) is 5.92 Å². The van der Waals surface area contributed by atoms with Gasteiger partial charge < -0.3 is 96.9 Å². The van der Waals surface area contributed by atoms with Crippen molar-refractivity contribution < 1.29 is 72.5 Å². The number of hydrogen-bond acceptors (Lipinski definition) is 18. The van der Waals surface area contributed by atoms with Crippen LogP contribution in [0.2, 0.25) is 0 Å². The Bertz CT molecular complexity index is 2890. The third kappa shape index (κ3) is 28.0. The number of nitrogens with two attached hydrogens (primary N) is 5. The highest BCUT2D eigenvalue weighted by molar-refractivity contribution is 5.99. The number of nitrogens with one attached hydrogen (secondary N) is 10. The van der Waals surface area contributed by atoms with Gasteiger partial charge in [-0.3, -0.25) is 62.3 Å². The first-order chi connectivity index (χ1) is 45.0. The minimum absolute atomic E-state index is 0.0602. The number of benzene rings is 2. The smallest absolute Gasteiger partial charge is 0.303 e. The second-order valence-corrected chi connectivity index (χ2v) is 24.1. The van der Waals surface area contributed by atoms with Crippen molar-refractivity contribution in [3.63, 3.8) is 0 Å². The number of phenols is 1. The van der Waals surface area contributed by atoms with Crippen molar-refractivity contribution in [2.75, 3.05) is 26.2 Å². The zero-order chi connectivity index (χ0) is 70.9. The lowest BCUT2D eigenvalue weighted by Gasteiger charge is -2.30. The zero-order valence-electron chi connectivity index (χ0n) is 55.4. The van der Waals surface area contributed by atoms with E-state index in [-0.39, 0.29) is 70.2 Å². The zero-order valence-corrected chi connectivity index (χ0v) is 55.4. The summed E-state index contributed by atoms with van der Waals surface area (Å²) < 4.78 is 0. The van der Waals surface area contributed by atoms with E-state index >= 15 is 0 Å². The molecule has 1 fully saturated rings. The molecule has 13 atom stereocenters. The van der Waals surface area contributed by atoms with Crippen molar-refractivity contribution in [1.82, 2.24) is 58.1 Å². The third-order valence-corrected chi connectivity index (χ3v) is 16.3. The van der Waals surface area contributed by atoms with E-state index in [1.165, 1.54) is 56.9 Å². The van der Waals surface area contributed by atoms with Crippen molar-refractivity contribution in [3.8, 4) is 5.75 Å². The SMILES string of the molecule is CC[C@H](C)[C@H](NC(=O)[C@H](C)NC(=O)[C@@H](N)CCC(=O)O)C(=O)N[C@@H](Cc1ccc(O)cc1)C(=O)N[C@@H](C)C(=O)N[C@@H](C)C(=O)N1CCC[C@H]1C(=O)N[C@@H](Cc1ccccc1)C(=O)N[C@@H](C)C(=O)N[C@@H](CCCCN)C(=O)N[C@@H](CCCCN)C(=O)N[C@@H](CCCCN)C(N)=O. The van der Waals surface area contributed by atoms with Crippen LogP contribution in [0.4, 0.5) is 0 Å². The summed E-state index contributed by atoms with van der Waals surface area (Å²) in [5.41, 5.74) is 29.6. The van der Waals surface area contributed by atoms with Crippen LogP contribution in [0.1, 0.15) is 143 Å². The van der Waals surface area contributed by atoms with Crippen LogP contribution in [0.15, 0.2) is 54.6 Å². The predicted molar refractivity (Wildman–Crippen MR) is 351 cm³/mol. The van der Waals surface area contributed by atoms with Crippen LogP contribution < -0.4 is 81.8 Å². The molecule has 2 aromatic rings. The molecule has 528 valence electrons. The minimum Gasteiger partial charge on any atom is -0.508 e. The van der Waals surface area contributed by atoms with E-state index < -0.39 is 155 Å². The minimum atomic E-state index is -1.39. The van der Waals surface area contributed by atoms with Crippen molar-refractivity contribution in [1.29, 1.82) is 0 Å². The monoisotopic (exact) mass is 1330 g/mol. The van der Waals surface area contributed by atoms with Crippen LogP contribution in [-0.4, -0.2) is 191 Å². The Morgan fingerprint density at radius 1 is 0.495 bits per heavy atom. The molecule has 31 nitrogen and oxygen atoms in total. The van der Waals surface area contributed by atoms with E-state index in [0.717, 1.165) is 0 Å². The molecule has 95 heavy (non-hydrogen) atoms. The normalized spacial score (nSPS) is 16.5. The third-order valence-electron chi connectivity index (χ3n) is 16.3. The molecule has 1 heterocycles. The fourth-order valence-electron chi connectivity index (χ4n) is 10.3. The van der Waals surface area contributed by atoms with Gasteiger partial charge in [-0.2, -0.15) is 0 Å². The summed E-state index contributed by atoms with van der Waals surface area (Å²) in [4.78, 5) is 177. The number of unbranched alkanes of at least 4 members (excludes halogenated alkanes) is 3. The maximum atomic E-state index is 14.3. The Morgan fingerprint density at radius 2 is 0.916 bits per heavy atom. The fraction of sp³-hybridized carbons (Fsp3) is 0.609. The number of carbonyl (C=O) groups excluding carboxylic acids is 12. The molecule has 0 saturated carbocycles. The van der Waals surface area contributed by atoms with Gasteiger partial charge in [0.25, 0.3) is 0 Å². The van der Waals surface area contributed by atoms with E-state index in [1.54, 1.807) is 44.2 Å². The summed E-state index contributed by atoms with van der Waals surface area (Å²) in [6.07, 6.45) is 3.51. The van der Waals surface area contributed by atoms with Gasteiger partial charge in [0.15, 0.2) is 0 Å². The van der Waals surface area contributed by atoms with Gasteiger partial charge >= 0.3 is 5.97 Å². The summed E-state index contributed by atoms with van der Waals surface area (Å²) in [7, 11) is 0. The molecule has 3 rings (SSSR count). The van der Waals surface area contributed by atoms with Gasteiger partial charge in [-0.25, -0.2) is 0 Å². The number of aliphatic carboxylic acids is 1. The Hall–Kier alpha value is -8.81. The van der Waals surface area contributed by atoms with Crippen molar-refractivity contribution >= 4 is 76.9 Å². The van der Waals surface area contributed by atoms with E-state index in [4.69, 9.17) is 33.8 Å². The highest BCUT2D eigenvalue weighted by Crippen LogP contribution is 2.20. The molecule has 12 amide bonds. The van der Waals surface area contributed by atoms with Crippen molar-refractivity contribution in [2.45, 2.75) is 217 Å². The standard InChI is InChI=1S/C64H102N16O15/c1-7-36(2)52(79-56(87)39(5)70-57(88)44(68)28-29-51(82)83)63(94)78-49(35-42-24-26-43(81)27-25-42)61(92)71-37(3)54(85)73-40(6)64(95)80-33-17-23-50(80)62(93)77-48(34-41-18-9-8-10-19-41)60(91)72-38(4)55(86)75-46(21-12-15-31-66)59(90)76-47(22-13-16-32-67)58(89)74-45(53(69)84)20-11-14-30-65/h8-10,18-19,24-27,36-40,44-50,52,81H,7,11-17,20-23,28-35,65-68H2,1-6H3,(H2,69,84)(H,70,88)(H,71,92)(H,72,91)(H,73,85)(H,74,89)(H,75,86)(H,76,90)(H,77,93)(H,78,94)(H,79,87)(H,82,83)/t36-,37-,38-,39-,40-,44-,45-,46-,47-,48-,49-,50-,52-/m0/s1. The van der Waals surface area contributed by atoms with Gasteiger partial charge in [0, 0.05) is 25.8 Å². The first-order valence-corrected chi connectivity index (χ1v) is 32.6. The molecule has 0 aliphatic carbocycles. The largest absolute Gasteiger partial charge is 0.508 e. The van der Waals surface area contributed by atoms with Crippen LogP contribution in [0.25, 0.3) is 0 Å². The quantitative estimate of drug-likeness (QED) is 0.0298. The molecule has 0 bridgehead atoms. The van der Waals surface area contributed by atoms with Crippen LogP contribution in [-0.2, 0) is 75.2 Å². The number of carbonyl (C=O) groups is 13. The number of likely N-dealkylation sites (tertiary alicyclic amines) is 1. The van der Waals surface area contributed by atoms with Crippen molar-refractivity contribution in [3.05, 3.63) is 65.7 Å². The van der Waals surface area contributed by atoms with E-state index in [1.807, 2.05) is 0 Å². The second-order valence-electron chi connectivity index (χ2n) is 24.1. The molecule has 31 heteroatoms. The number of amides is 12. The Balaban J connectivity index is 1.77. The van der Waals surface area contributed by atoms with Gasteiger partial charge in [0.05, 0.1) is 6.04 Å². The number of nitrogens with zero attached hydrogens (tertiary/aromatic N) is 1. The van der Waals surface area contributed by atoms with Gasteiger partial charge in [0.1, 0.15) is 72.2 Å². The lowest BCUT2D eigenvalue weighted by Crippen LogP contribution is -2.60. The maximum Gasteiger partial charge on any atom is 0.303 e. The molecular formula is C64H102N16O15. The Morgan fingerprint density at radius 3 is 1.41 bits per heavy atom. The highest BCUT2D eigenvalue weighted by Gasteiger charge is 2.40. The molecule has 1 saturated heterocycles. The van der Waals surface area contributed by atoms with Gasteiger partial charge in [-0.05, 0) is 154 Å². The summed E-state index contributed by atoms with van der Waals surface area (Å²) in [6, 6.07) is -0.403. The van der Waals surface area contributed by atoms with E-state index in [2.05, 4.69) is 53.2 Å². The average Bonchev–Trinajstić information content (AvgIpc) is 1.80. The number of aromatic hydroxyl groups is 1.